The van der Waals surface area contributed by atoms with Crippen LogP contribution in [0.4, 0.5) is 17.3 Å². The fraction of sp³-hybridized carbons (Fsp3) is 0.182. The molecule has 0 fully saturated rings. The topological polar surface area (TPSA) is 93.2 Å². The molecule has 0 bridgehead atoms. The van der Waals surface area contributed by atoms with Gasteiger partial charge in [0.1, 0.15) is 0 Å². The molecule has 1 aromatic heterocycles. The number of anilines is 3. The summed E-state index contributed by atoms with van der Waals surface area (Å²) in [6, 6.07) is 14.5. The molecule has 29 heavy (non-hydrogen) atoms. The van der Waals surface area contributed by atoms with E-state index < -0.39 is 5.97 Å². The third-order valence-electron chi connectivity index (χ3n) is 4.29. The Morgan fingerprint density at radius 3 is 2.24 bits per heavy atom. The van der Waals surface area contributed by atoms with Crippen LogP contribution in [-0.4, -0.2) is 29.0 Å². The summed E-state index contributed by atoms with van der Waals surface area (Å²) in [5, 5.41) is 5.82. The second kappa shape index (κ2) is 8.97. The van der Waals surface area contributed by atoms with Crippen molar-refractivity contribution in [1.82, 2.24) is 9.97 Å². The fourth-order valence-corrected chi connectivity index (χ4v) is 2.64. The summed E-state index contributed by atoms with van der Waals surface area (Å²) in [5.74, 6) is 0.0240. The molecular formula is C22H22N4O3. The molecule has 148 valence electrons. The number of nitrogens with zero attached hydrogens (tertiary/aromatic N) is 2. The standard InChI is InChI=1S/C22H22N4O3/c1-14(2)15-7-9-18(10-8-15)25-20(27)17-12-23-22(24-13-17)26-19-6-4-5-16(11-19)21(28)29-3/h4-14H,1-3H3,(H,25,27)(H,23,24,26). The lowest BCUT2D eigenvalue weighted by atomic mass is 10.0. The summed E-state index contributed by atoms with van der Waals surface area (Å²) in [6.45, 7) is 4.23. The average molecular weight is 390 g/mol. The molecule has 2 N–H and O–H groups in total. The largest absolute Gasteiger partial charge is 0.465 e. The molecule has 0 unspecified atom stereocenters. The van der Waals surface area contributed by atoms with Crippen LogP contribution in [0.15, 0.2) is 60.9 Å². The average Bonchev–Trinajstić information content (AvgIpc) is 2.74. The Morgan fingerprint density at radius 1 is 0.931 bits per heavy atom. The Bertz CT molecular complexity index is 999. The van der Waals surface area contributed by atoms with Gasteiger partial charge in [0.05, 0.1) is 18.2 Å². The van der Waals surface area contributed by atoms with Crippen molar-refractivity contribution < 1.29 is 14.3 Å². The van der Waals surface area contributed by atoms with E-state index in [-0.39, 0.29) is 5.91 Å². The second-order valence-electron chi connectivity index (χ2n) is 6.72. The van der Waals surface area contributed by atoms with Gasteiger partial charge in [-0.15, -0.1) is 0 Å². The predicted octanol–water partition coefficient (Wildman–Crippen LogP) is 4.38. The molecule has 0 aliphatic heterocycles. The second-order valence-corrected chi connectivity index (χ2v) is 6.72. The summed E-state index contributed by atoms with van der Waals surface area (Å²) in [5.41, 5.74) is 3.30. The van der Waals surface area contributed by atoms with Crippen molar-refractivity contribution in [2.75, 3.05) is 17.7 Å². The van der Waals surface area contributed by atoms with Gasteiger partial charge in [-0.25, -0.2) is 14.8 Å². The number of hydrogen-bond donors (Lipinski definition) is 2. The van der Waals surface area contributed by atoms with Gasteiger partial charge in [-0.3, -0.25) is 4.79 Å². The van der Waals surface area contributed by atoms with E-state index >= 15 is 0 Å². The summed E-state index contributed by atoms with van der Waals surface area (Å²) in [6.07, 6.45) is 2.88. The number of nitrogens with one attached hydrogen (secondary N) is 2. The first-order valence-electron chi connectivity index (χ1n) is 9.15. The van der Waals surface area contributed by atoms with E-state index in [2.05, 4.69) is 34.4 Å². The molecule has 2 aromatic carbocycles. The highest BCUT2D eigenvalue weighted by atomic mass is 16.5. The number of methoxy groups -OCH3 is 1. The maximum atomic E-state index is 12.4. The number of rotatable bonds is 6. The number of ether oxygens (including phenoxy) is 1. The van der Waals surface area contributed by atoms with Gasteiger partial charge in [0.2, 0.25) is 5.95 Å². The molecule has 3 aromatic rings. The van der Waals surface area contributed by atoms with Crippen LogP contribution < -0.4 is 10.6 Å². The van der Waals surface area contributed by atoms with Gasteiger partial charge in [-0.1, -0.05) is 32.0 Å². The van der Waals surface area contributed by atoms with Crippen LogP contribution in [0.25, 0.3) is 0 Å². The predicted molar refractivity (Wildman–Crippen MR) is 112 cm³/mol. The molecule has 1 amide bonds. The first-order chi connectivity index (χ1) is 14.0. The zero-order valence-corrected chi connectivity index (χ0v) is 16.5. The Hall–Kier alpha value is -3.74. The van der Waals surface area contributed by atoms with Gasteiger partial charge in [0.25, 0.3) is 5.91 Å². The van der Waals surface area contributed by atoms with Crippen LogP contribution in [0.1, 0.15) is 46.0 Å². The van der Waals surface area contributed by atoms with E-state index in [0.717, 1.165) is 0 Å². The third kappa shape index (κ3) is 5.16. The van der Waals surface area contributed by atoms with Crippen LogP contribution >= 0.6 is 0 Å². The lowest BCUT2D eigenvalue weighted by molar-refractivity contribution is 0.0600. The Labute approximate surface area is 169 Å². The number of amides is 1. The third-order valence-corrected chi connectivity index (χ3v) is 4.29. The summed E-state index contributed by atoms with van der Waals surface area (Å²) < 4.78 is 4.71. The highest BCUT2D eigenvalue weighted by Gasteiger charge is 2.10. The van der Waals surface area contributed by atoms with Crippen LogP contribution in [0.3, 0.4) is 0 Å². The number of benzene rings is 2. The van der Waals surface area contributed by atoms with Gasteiger partial charge in [-0.05, 0) is 41.8 Å². The van der Waals surface area contributed by atoms with E-state index in [1.165, 1.54) is 25.1 Å². The molecule has 0 radical (unpaired) electrons. The lowest BCUT2D eigenvalue weighted by Crippen LogP contribution is -2.13. The van der Waals surface area contributed by atoms with Gasteiger partial charge in [0, 0.05) is 23.8 Å². The minimum absolute atomic E-state index is 0.290. The van der Waals surface area contributed by atoms with Crippen molar-refractivity contribution in [2.45, 2.75) is 19.8 Å². The normalized spacial score (nSPS) is 10.5. The van der Waals surface area contributed by atoms with Crippen molar-refractivity contribution >= 4 is 29.2 Å². The molecule has 0 aliphatic rings. The first-order valence-corrected chi connectivity index (χ1v) is 9.15. The van der Waals surface area contributed by atoms with E-state index in [0.29, 0.717) is 34.4 Å². The molecular weight excluding hydrogens is 368 g/mol. The molecule has 1 heterocycles. The number of esters is 1. The highest BCUT2D eigenvalue weighted by Crippen LogP contribution is 2.18. The zero-order valence-electron chi connectivity index (χ0n) is 16.5. The molecule has 0 atom stereocenters. The highest BCUT2D eigenvalue weighted by molar-refractivity contribution is 6.03. The maximum Gasteiger partial charge on any atom is 0.337 e. The molecule has 0 aliphatic carbocycles. The quantitative estimate of drug-likeness (QED) is 0.607. The molecule has 7 nitrogen and oxygen atoms in total. The van der Waals surface area contributed by atoms with E-state index in [1.807, 2.05) is 24.3 Å². The fourth-order valence-electron chi connectivity index (χ4n) is 2.64. The lowest BCUT2D eigenvalue weighted by Gasteiger charge is -2.09. The molecule has 3 rings (SSSR count). The van der Waals surface area contributed by atoms with Gasteiger partial charge >= 0.3 is 5.97 Å². The minimum Gasteiger partial charge on any atom is -0.465 e. The Morgan fingerprint density at radius 2 is 1.62 bits per heavy atom. The number of carbonyl (C=O) groups excluding carboxylic acids is 2. The van der Waals surface area contributed by atoms with Crippen LogP contribution in [-0.2, 0) is 4.74 Å². The van der Waals surface area contributed by atoms with Crippen molar-refractivity contribution in [1.29, 1.82) is 0 Å². The van der Waals surface area contributed by atoms with E-state index in [4.69, 9.17) is 4.74 Å². The van der Waals surface area contributed by atoms with Crippen molar-refractivity contribution in [3.8, 4) is 0 Å². The SMILES string of the molecule is COC(=O)c1cccc(Nc2ncc(C(=O)Nc3ccc(C(C)C)cc3)cn2)c1. The van der Waals surface area contributed by atoms with Crippen molar-refractivity contribution in [3.63, 3.8) is 0 Å². The van der Waals surface area contributed by atoms with Gasteiger partial charge < -0.3 is 15.4 Å². The zero-order chi connectivity index (χ0) is 20.8. The van der Waals surface area contributed by atoms with E-state index in [1.54, 1.807) is 24.3 Å². The number of hydrogen-bond acceptors (Lipinski definition) is 6. The monoisotopic (exact) mass is 390 g/mol. The van der Waals surface area contributed by atoms with Crippen LogP contribution in [0.5, 0.6) is 0 Å². The summed E-state index contributed by atoms with van der Waals surface area (Å²) in [7, 11) is 1.33. The Balaban J connectivity index is 1.65. The van der Waals surface area contributed by atoms with Crippen molar-refractivity contribution in [2.24, 2.45) is 0 Å². The molecule has 0 spiro atoms. The van der Waals surface area contributed by atoms with Gasteiger partial charge in [-0.2, -0.15) is 0 Å². The molecule has 0 saturated heterocycles. The summed E-state index contributed by atoms with van der Waals surface area (Å²) in [4.78, 5) is 32.3. The maximum absolute atomic E-state index is 12.4. The summed E-state index contributed by atoms with van der Waals surface area (Å²) >= 11 is 0. The van der Waals surface area contributed by atoms with Crippen LogP contribution in [0.2, 0.25) is 0 Å². The number of carbonyl (C=O) groups is 2. The van der Waals surface area contributed by atoms with Gasteiger partial charge in [0.15, 0.2) is 0 Å². The van der Waals surface area contributed by atoms with Crippen molar-refractivity contribution in [3.05, 3.63) is 77.6 Å². The van der Waals surface area contributed by atoms with Crippen LogP contribution in [0, 0.1) is 0 Å². The molecule has 0 saturated carbocycles. The first kappa shape index (κ1) is 20.0. The van der Waals surface area contributed by atoms with E-state index in [9.17, 15) is 9.59 Å². The number of aromatic nitrogens is 2. The minimum atomic E-state index is -0.428. The molecule has 7 heteroatoms. The Kier molecular flexibility index (Phi) is 6.19. The smallest absolute Gasteiger partial charge is 0.337 e.